The van der Waals surface area contributed by atoms with Crippen molar-refractivity contribution in [1.29, 1.82) is 0 Å². The number of nitrogens with one attached hydrogen (secondary N) is 2. The van der Waals surface area contributed by atoms with E-state index in [1.54, 1.807) is 18.3 Å². The van der Waals surface area contributed by atoms with Gasteiger partial charge >= 0.3 is 0 Å². The van der Waals surface area contributed by atoms with Gasteiger partial charge in [0.15, 0.2) is 5.82 Å². The van der Waals surface area contributed by atoms with Gasteiger partial charge in [-0.05, 0) is 86.9 Å². The van der Waals surface area contributed by atoms with E-state index in [-0.39, 0.29) is 39.4 Å². The number of benzene rings is 3. The molecule has 3 heterocycles. The van der Waals surface area contributed by atoms with Gasteiger partial charge in [-0.15, -0.1) is 0 Å². The molecule has 1 fully saturated rings. The van der Waals surface area contributed by atoms with Gasteiger partial charge in [0.1, 0.15) is 29.2 Å². The topological polar surface area (TPSA) is 117 Å². The summed E-state index contributed by atoms with van der Waals surface area (Å²) in [7, 11) is -2.36. The molecule has 0 amide bonds. The standard InChI is InChI=1S/C30H30ClF2N5O4S/c1-3-16-10-17(11-18-14-34-30(36-28(16)18)35-20-6-8-38(2)9-7-20)26-22(32)4-5-23(27(26)33)37-43(40,41)25-13-19(31)12-21-24(39)15-42-29(21)25/h4-5,10-14,20,24,37,39H,3,6-9,15H2,1-2H3,(H,34,35,36)/t24-/m1/s1. The van der Waals surface area contributed by atoms with Crippen LogP contribution in [0.4, 0.5) is 20.4 Å². The predicted octanol–water partition coefficient (Wildman–Crippen LogP) is 5.52. The Hall–Kier alpha value is -3.58. The fraction of sp³-hybridized carbons (Fsp3) is 0.333. The van der Waals surface area contributed by atoms with Crippen LogP contribution in [-0.4, -0.2) is 61.2 Å². The molecule has 0 aliphatic carbocycles. The Bertz CT molecular complexity index is 1830. The number of halogens is 3. The monoisotopic (exact) mass is 629 g/mol. The molecule has 1 saturated heterocycles. The minimum Gasteiger partial charge on any atom is -0.489 e. The number of aryl methyl sites for hydroxylation is 1. The van der Waals surface area contributed by atoms with E-state index in [0.717, 1.165) is 49.7 Å². The predicted molar refractivity (Wildman–Crippen MR) is 161 cm³/mol. The number of piperidine rings is 1. The second-order valence-corrected chi connectivity index (χ2v) is 13.0. The molecule has 3 aromatic carbocycles. The van der Waals surface area contributed by atoms with Crippen molar-refractivity contribution in [2.24, 2.45) is 0 Å². The number of ether oxygens (including phenoxy) is 1. The third kappa shape index (κ3) is 5.72. The molecular formula is C30H30ClF2N5O4S. The normalized spacial score (nSPS) is 17.6. The smallest absolute Gasteiger partial charge is 0.265 e. The van der Waals surface area contributed by atoms with Gasteiger partial charge in [-0.1, -0.05) is 18.5 Å². The van der Waals surface area contributed by atoms with Crippen LogP contribution < -0.4 is 14.8 Å². The Morgan fingerprint density at radius 2 is 1.93 bits per heavy atom. The largest absolute Gasteiger partial charge is 0.489 e. The highest BCUT2D eigenvalue weighted by molar-refractivity contribution is 7.92. The van der Waals surface area contributed by atoms with Crippen LogP contribution >= 0.6 is 11.6 Å². The van der Waals surface area contributed by atoms with E-state index in [1.807, 2.05) is 6.92 Å². The van der Waals surface area contributed by atoms with Crippen LogP contribution in [0, 0.1) is 11.6 Å². The number of rotatable bonds is 7. The highest BCUT2D eigenvalue weighted by Gasteiger charge is 2.32. The van der Waals surface area contributed by atoms with E-state index in [9.17, 15) is 13.5 Å². The molecule has 3 N–H and O–H groups in total. The van der Waals surface area contributed by atoms with Crippen LogP contribution in [0.5, 0.6) is 5.75 Å². The number of sulfonamides is 1. The summed E-state index contributed by atoms with van der Waals surface area (Å²) in [5.41, 5.74) is 1.00. The summed E-state index contributed by atoms with van der Waals surface area (Å²) in [6.45, 7) is 3.75. The van der Waals surface area contributed by atoms with Crippen LogP contribution in [0.3, 0.4) is 0 Å². The summed E-state index contributed by atoms with van der Waals surface area (Å²) in [4.78, 5) is 11.1. The van der Waals surface area contributed by atoms with Gasteiger partial charge in [-0.2, -0.15) is 0 Å². The highest BCUT2D eigenvalue weighted by Crippen LogP contribution is 2.41. The average molecular weight is 630 g/mol. The van der Waals surface area contributed by atoms with Crippen molar-refractivity contribution in [3.8, 4) is 16.9 Å². The summed E-state index contributed by atoms with van der Waals surface area (Å²) < 4.78 is 65.5. The van der Waals surface area contributed by atoms with Crippen LogP contribution in [0.1, 0.15) is 37.0 Å². The first-order valence-corrected chi connectivity index (χ1v) is 15.8. The van der Waals surface area contributed by atoms with E-state index in [1.165, 1.54) is 6.07 Å². The van der Waals surface area contributed by atoms with Crippen molar-refractivity contribution >= 4 is 44.2 Å². The SMILES string of the molecule is CCc1cc(-c2c(F)ccc(NS(=O)(=O)c3cc(Cl)cc4c3OC[C@H]4O)c2F)cc2cnc(NC3CCN(C)CC3)nc12. The van der Waals surface area contributed by atoms with E-state index in [4.69, 9.17) is 21.3 Å². The molecule has 1 aromatic heterocycles. The third-order valence-corrected chi connectivity index (χ3v) is 9.49. The third-order valence-electron chi connectivity index (χ3n) is 7.90. The molecule has 43 heavy (non-hydrogen) atoms. The molecule has 0 saturated carbocycles. The molecule has 0 unspecified atom stereocenters. The van der Waals surface area contributed by atoms with E-state index >= 15 is 8.78 Å². The first kappa shape index (κ1) is 29.5. The van der Waals surface area contributed by atoms with Crippen molar-refractivity contribution in [1.82, 2.24) is 14.9 Å². The van der Waals surface area contributed by atoms with Gasteiger partial charge in [0.25, 0.3) is 10.0 Å². The summed E-state index contributed by atoms with van der Waals surface area (Å²) >= 11 is 6.10. The second kappa shape index (κ2) is 11.5. The van der Waals surface area contributed by atoms with Crippen molar-refractivity contribution < 1.29 is 27.0 Å². The maximum absolute atomic E-state index is 16.0. The van der Waals surface area contributed by atoms with E-state index < -0.39 is 39.0 Å². The summed E-state index contributed by atoms with van der Waals surface area (Å²) in [6.07, 6.45) is 3.06. The van der Waals surface area contributed by atoms with Crippen molar-refractivity contribution in [2.75, 3.05) is 36.8 Å². The van der Waals surface area contributed by atoms with Crippen LogP contribution in [0.15, 0.2) is 47.5 Å². The number of anilines is 2. The first-order chi connectivity index (χ1) is 20.5. The van der Waals surface area contributed by atoms with Crippen molar-refractivity contribution in [2.45, 2.75) is 43.2 Å². The molecule has 0 bridgehead atoms. The van der Waals surface area contributed by atoms with Gasteiger partial charge in [-0.25, -0.2) is 27.2 Å². The molecule has 13 heteroatoms. The zero-order valence-corrected chi connectivity index (χ0v) is 25.1. The van der Waals surface area contributed by atoms with Crippen LogP contribution in [0.25, 0.3) is 22.0 Å². The molecule has 9 nitrogen and oxygen atoms in total. The Kier molecular flexibility index (Phi) is 7.88. The molecule has 4 aromatic rings. The lowest BCUT2D eigenvalue weighted by molar-refractivity contribution is 0.140. The molecule has 2 aliphatic rings. The summed E-state index contributed by atoms with van der Waals surface area (Å²) in [6, 6.07) is 8.08. The van der Waals surface area contributed by atoms with Gasteiger partial charge in [0.05, 0.1) is 16.8 Å². The molecule has 6 rings (SSSR count). The molecular weight excluding hydrogens is 600 g/mol. The fourth-order valence-corrected chi connectivity index (χ4v) is 7.13. The number of hydrogen-bond acceptors (Lipinski definition) is 8. The van der Waals surface area contributed by atoms with E-state index in [0.29, 0.717) is 23.3 Å². The van der Waals surface area contributed by atoms with Crippen LogP contribution in [-0.2, 0) is 16.4 Å². The molecule has 2 aliphatic heterocycles. The zero-order chi connectivity index (χ0) is 30.5. The van der Waals surface area contributed by atoms with Gasteiger partial charge in [0, 0.05) is 28.2 Å². The maximum Gasteiger partial charge on any atom is 0.265 e. The average Bonchev–Trinajstić information content (AvgIpc) is 3.35. The van der Waals surface area contributed by atoms with Gasteiger partial charge in [0.2, 0.25) is 5.95 Å². The summed E-state index contributed by atoms with van der Waals surface area (Å²) in [5.74, 6) is -1.52. The molecule has 226 valence electrons. The molecule has 1 atom stereocenters. The lowest BCUT2D eigenvalue weighted by Crippen LogP contribution is -2.37. The Balaban J connectivity index is 1.35. The molecule has 0 spiro atoms. The quantitative estimate of drug-likeness (QED) is 0.245. The van der Waals surface area contributed by atoms with Gasteiger partial charge < -0.3 is 20.1 Å². The van der Waals surface area contributed by atoms with Gasteiger partial charge in [-0.3, -0.25) is 4.72 Å². The van der Waals surface area contributed by atoms with Crippen molar-refractivity contribution in [3.05, 3.63) is 70.4 Å². The van der Waals surface area contributed by atoms with Crippen LogP contribution in [0.2, 0.25) is 5.02 Å². The Morgan fingerprint density at radius 3 is 2.67 bits per heavy atom. The number of hydrogen-bond donors (Lipinski definition) is 3. The Labute approximate surface area is 252 Å². The number of fused-ring (bicyclic) bond motifs is 2. The number of likely N-dealkylation sites (tertiary alicyclic amines) is 1. The summed E-state index contributed by atoms with van der Waals surface area (Å²) in [5, 5.41) is 14.2. The fourth-order valence-electron chi connectivity index (χ4n) is 5.58. The number of aliphatic hydroxyl groups is 1. The minimum absolute atomic E-state index is 0.0547. The second-order valence-electron chi connectivity index (χ2n) is 10.9. The lowest BCUT2D eigenvalue weighted by atomic mass is 9.97. The zero-order valence-electron chi connectivity index (χ0n) is 23.5. The minimum atomic E-state index is -4.45. The highest BCUT2D eigenvalue weighted by atomic mass is 35.5. The Morgan fingerprint density at radius 1 is 1.16 bits per heavy atom. The first-order valence-electron chi connectivity index (χ1n) is 13.9. The maximum atomic E-state index is 16.0. The number of aromatic nitrogens is 2. The van der Waals surface area contributed by atoms with E-state index in [2.05, 4.69) is 27.0 Å². The van der Waals surface area contributed by atoms with Crippen molar-refractivity contribution in [3.63, 3.8) is 0 Å². The molecule has 0 radical (unpaired) electrons. The number of nitrogens with zero attached hydrogens (tertiary/aromatic N) is 3. The lowest BCUT2D eigenvalue weighted by Gasteiger charge is -2.29. The number of aliphatic hydroxyl groups excluding tert-OH is 1.